The lowest BCUT2D eigenvalue weighted by atomic mass is 10.6. The highest BCUT2D eigenvalue weighted by molar-refractivity contribution is 5.79. The monoisotopic (exact) mass is 233 g/mol. The number of hydrogen-bond acceptors (Lipinski definition) is 4. The Kier molecular flexibility index (Phi) is 11.6. The molecule has 0 fully saturated rings. The molecular weight excluding hydrogens is 210 g/mol. The highest BCUT2D eigenvalue weighted by Gasteiger charge is 1.95. The second-order valence-corrected chi connectivity index (χ2v) is 3.02. The van der Waals surface area contributed by atoms with Gasteiger partial charge >= 0.3 is 0 Å². The molecule has 0 atom stereocenters. The Hall–Kier alpha value is -0.850. The molecule has 0 radical (unpaired) electrons. The lowest BCUT2D eigenvalue weighted by Crippen LogP contribution is -2.40. The minimum Gasteiger partial charge on any atom is -0.383 e. The smallest absolute Gasteiger partial charge is 0.191 e. The number of ether oxygens (including phenoxy) is 3. The molecule has 0 aromatic heterocycles. The van der Waals surface area contributed by atoms with Gasteiger partial charge in [0.2, 0.25) is 0 Å². The fraction of sp³-hybridized carbons (Fsp3) is 0.900. The Morgan fingerprint density at radius 2 is 1.56 bits per heavy atom. The molecule has 0 aromatic rings. The molecule has 6 heteroatoms. The van der Waals surface area contributed by atoms with Crippen molar-refractivity contribution in [1.29, 1.82) is 0 Å². The molecule has 0 aliphatic heterocycles. The molecule has 6 nitrogen and oxygen atoms in total. The number of nitrogens with one attached hydrogen (secondary N) is 2. The summed E-state index contributed by atoms with van der Waals surface area (Å²) in [6, 6.07) is 0. The zero-order chi connectivity index (χ0) is 12.1. The molecule has 0 aliphatic rings. The fourth-order valence-electron chi connectivity index (χ4n) is 0.978. The van der Waals surface area contributed by atoms with E-state index >= 15 is 0 Å². The van der Waals surface area contributed by atoms with Crippen LogP contribution in [-0.4, -0.2) is 66.7 Å². The first-order chi connectivity index (χ1) is 7.85. The average molecular weight is 233 g/mol. The Morgan fingerprint density at radius 3 is 2.12 bits per heavy atom. The molecule has 0 unspecified atom stereocenters. The van der Waals surface area contributed by atoms with Crippen LogP contribution in [0.15, 0.2) is 4.99 Å². The van der Waals surface area contributed by atoms with Crippen LogP contribution in [0.2, 0.25) is 0 Å². The SMILES string of the molecule is CN=C(NCCOC)NCCOCCOC. The molecule has 0 spiro atoms. The normalized spacial score (nSPS) is 11.6. The summed E-state index contributed by atoms with van der Waals surface area (Å²) in [5.41, 5.74) is 0. The minimum absolute atomic E-state index is 0.619. The molecule has 16 heavy (non-hydrogen) atoms. The van der Waals surface area contributed by atoms with E-state index in [2.05, 4.69) is 15.6 Å². The van der Waals surface area contributed by atoms with Gasteiger partial charge in [0.05, 0.1) is 26.4 Å². The van der Waals surface area contributed by atoms with E-state index in [1.165, 1.54) is 0 Å². The van der Waals surface area contributed by atoms with Crippen LogP contribution in [0.4, 0.5) is 0 Å². The molecule has 0 bridgehead atoms. The van der Waals surface area contributed by atoms with Crippen molar-refractivity contribution >= 4 is 5.96 Å². The van der Waals surface area contributed by atoms with E-state index in [1.807, 2.05) is 0 Å². The minimum atomic E-state index is 0.619. The van der Waals surface area contributed by atoms with Crippen molar-refractivity contribution in [3.63, 3.8) is 0 Å². The molecule has 0 heterocycles. The molecule has 0 saturated heterocycles. The first kappa shape index (κ1) is 15.2. The van der Waals surface area contributed by atoms with Crippen LogP contribution in [0.5, 0.6) is 0 Å². The molecule has 96 valence electrons. The molecule has 0 aliphatic carbocycles. The third-order valence-corrected chi connectivity index (χ3v) is 1.79. The van der Waals surface area contributed by atoms with Crippen molar-refractivity contribution in [1.82, 2.24) is 10.6 Å². The van der Waals surface area contributed by atoms with Gasteiger partial charge in [-0.2, -0.15) is 0 Å². The maximum Gasteiger partial charge on any atom is 0.191 e. The van der Waals surface area contributed by atoms with E-state index in [1.54, 1.807) is 21.3 Å². The van der Waals surface area contributed by atoms with Gasteiger partial charge in [-0.1, -0.05) is 0 Å². The first-order valence-electron chi connectivity index (χ1n) is 5.35. The predicted molar refractivity (Wildman–Crippen MR) is 63.9 cm³/mol. The number of guanidine groups is 1. The topological polar surface area (TPSA) is 64.1 Å². The van der Waals surface area contributed by atoms with E-state index in [9.17, 15) is 0 Å². The van der Waals surface area contributed by atoms with E-state index in [4.69, 9.17) is 14.2 Å². The van der Waals surface area contributed by atoms with Gasteiger partial charge in [-0.3, -0.25) is 4.99 Å². The lowest BCUT2D eigenvalue weighted by Gasteiger charge is -2.11. The zero-order valence-electron chi connectivity index (χ0n) is 10.4. The number of rotatable bonds is 9. The summed E-state index contributed by atoms with van der Waals surface area (Å²) in [4.78, 5) is 4.05. The van der Waals surface area contributed by atoms with Gasteiger partial charge in [-0.05, 0) is 0 Å². The summed E-state index contributed by atoms with van der Waals surface area (Å²) in [6.45, 7) is 3.99. The quantitative estimate of drug-likeness (QED) is 0.318. The second kappa shape index (κ2) is 12.2. The van der Waals surface area contributed by atoms with Crippen LogP contribution in [0.1, 0.15) is 0 Å². The number of nitrogens with zero attached hydrogens (tertiary/aromatic N) is 1. The van der Waals surface area contributed by atoms with Crippen LogP contribution in [0.25, 0.3) is 0 Å². The average Bonchev–Trinajstić information content (AvgIpc) is 2.31. The van der Waals surface area contributed by atoms with Crippen LogP contribution in [0.3, 0.4) is 0 Å². The van der Waals surface area contributed by atoms with Crippen LogP contribution >= 0.6 is 0 Å². The number of aliphatic imine (C=N–C) groups is 1. The molecule has 0 saturated carbocycles. The van der Waals surface area contributed by atoms with Crippen molar-refractivity contribution in [2.45, 2.75) is 0 Å². The molecule has 2 N–H and O–H groups in total. The van der Waals surface area contributed by atoms with Crippen molar-refractivity contribution < 1.29 is 14.2 Å². The zero-order valence-corrected chi connectivity index (χ0v) is 10.4. The third kappa shape index (κ3) is 9.70. The largest absolute Gasteiger partial charge is 0.383 e. The Bertz CT molecular complexity index is 177. The Labute approximate surface area is 97.4 Å². The maximum absolute atomic E-state index is 5.30. The standard InChI is InChI=1S/C10H23N3O3/c1-11-10(12-4-6-14-2)13-5-7-16-9-8-15-3/h4-9H2,1-3H3,(H2,11,12,13). The third-order valence-electron chi connectivity index (χ3n) is 1.79. The van der Waals surface area contributed by atoms with Gasteiger partial charge in [0.1, 0.15) is 0 Å². The van der Waals surface area contributed by atoms with Gasteiger partial charge in [-0.15, -0.1) is 0 Å². The predicted octanol–water partition coefficient (Wildman–Crippen LogP) is -0.539. The molecular formula is C10H23N3O3. The van der Waals surface area contributed by atoms with Gasteiger partial charge in [-0.25, -0.2) is 0 Å². The van der Waals surface area contributed by atoms with Crippen LogP contribution < -0.4 is 10.6 Å². The Morgan fingerprint density at radius 1 is 0.938 bits per heavy atom. The number of hydrogen-bond donors (Lipinski definition) is 2. The molecule has 0 rings (SSSR count). The van der Waals surface area contributed by atoms with Crippen LogP contribution in [-0.2, 0) is 14.2 Å². The molecule has 0 amide bonds. The van der Waals surface area contributed by atoms with Crippen molar-refractivity contribution in [2.24, 2.45) is 4.99 Å². The maximum atomic E-state index is 5.30. The lowest BCUT2D eigenvalue weighted by molar-refractivity contribution is 0.0733. The van der Waals surface area contributed by atoms with Gasteiger partial charge in [0, 0.05) is 34.4 Å². The molecule has 0 aromatic carbocycles. The van der Waals surface area contributed by atoms with Crippen molar-refractivity contribution in [3.05, 3.63) is 0 Å². The van der Waals surface area contributed by atoms with Crippen molar-refractivity contribution in [3.8, 4) is 0 Å². The van der Waals surface area contributed by atoms with Gasteiger partial charge < -0.3 is 24.8 Å². The summed E-state index contributed by atoms with van der Waals surface area (Å²) >= 11 is 0. The second-order valence-electron chi connectivity index (χ2n) is 3.02. The number of methoxy groups -OCH3 is 2. The van der Waals surface area contributed by atoms with E-state index in [0.29, 0.717) is 26.4 Å². The summed E-state index contributed by atoms with van der Waals surface area (Å²) in [5, 5.41) is 6.23. The highest BCUT2D eigenvalue weighted by Crippen LogP contribution is 1.75. The van der Waals surface area contributed by atoms with Gasteiger partial charge in [0.25, 0.3) is 0 Å². The summed E-state index contributed by atoms with van der Waals surface area (Å²) in [6.07, 6.45) is 0. The van der Waals surface area contributed by atoms with E-state index < -0.39 is 0 Å². The van der Waals surface area contributed by atoms with Crippen LogP contribution in [0, 0.1) is 0 Å². The summed E-state index contributed by atoms with van der Waals surface area (Å²) in [5.74, 6) is 0.757. The van der Waals surface area contributed by atoms with E-state index in [-0.39, 0.29) is 0 Å². The summed E-state index contributed by atoms with van der Waals surface area (Å²) in [7, 11) is 5.05. The van der Waals surface area contributed by atoms with Crippen molar-refractivity contribution in [2.75, 3.05) is 60.8 Å². The highest BCUT2D eigenvalue weighted by atomic mass is 16.5. The fourth-order valence-corrected chi connectivity index (χ4v) is 0.978. The first-order valence-corrected chi connectivity index (χ1v) is 5.35. The summed E-state index contributed by atoms with van der Waals surface area (Å²) < 4.78 is 15.1. The Balaban J connectivity index is 3.34. The van der Waals surface area contributed by atoms with Gasteiger partial charge in [0.15, 0.2) is 5.96 Å². The van der Waals surface area contributed by atoms with E-state index in [0.717, 1.165) is 19.0 Å².